The topological polar surface area (TPSA) is 15.3 Å². The zero-order valence-corrected chi connectivity index (χ0v) is 13.9. The Bertz CT molecular complexity index is 470. The van der Waals surface area contributed by atoms with Crippen LogP contribution in [0.5, 0.6) is 0 Å². The molecule has 0 bridgehead atoms. The number of benzene rings is 1. The molecule has 0 amide bonds. The van der Waals surface area contributed by atoms with E-state index in [1.165, 1.54) is 69.3 Å². The van der Waals surface area contributed by atoms with Crippen molar-refractivity contribution < 1.29 is 0 Å². The quantitative estimate of drug-likeness (QED) is 0.877. The Morgan fingerprint density at radius 3 is 2.48 bits per heavy atom. The fourth-order valence-corrected chi connectivity index (χ4v) is 4.36. The molecule has 0 radical (unpaired) electrons. The third-order valence-corrected chi connectivity index (χ3v) is 5.73. The molecule has 0 unspecified atom stereocenters. The lowest BCUT2D eigenvalue weighted by Gasteiger charge is -2.45. The van der Waals surface area contributed by atoms with Crippen LogP contribution in [0, 0.1) is 5.41 Å². The second-order valence-electron chi connectivity index (χ2n) is 6.85. The predicted molar refractivity (Wildman–Crippen MR) is 91.2 cm³/mol. The summed E-state index contributed by atoms with van der Waals surface area (Å²) in [4.78, 5) is 2.55. The van der Waals surface area contributed by atoms with Crippen LogP contribution in [0.1, 0.15) is 50.5 Å². The maximum atomic E-state index is 6.23. The van der Waals surface area contributed by atoms with Crippen LogP contribution in [0.15, 0.2) is 18.2 Å². The summed E-state index contributed by atoms with van der Waals surface area (Å²) < 4.78 is 0. The highest BCUT2D eigenvalue weighted by molar-refractivity contribution is 6.30. The van der Waals surface area contributed by atoms with Crippen molar-refractivity contribution in [1.82, 2.24) is 5.32 Å². The monoisotopic (exact) mass is 306 g/mol. The summed E-state index contributed by atoms with van der Waals surface area (Å²) in [6, 6.07) is 6.32. The number of hydrogen-bond acceptors (Lipinski definition) is 2. The fourth-order valence-electron chi connectivity index (χ4n) is 4.20. The zero-order valence-electron chi connectivity index (χ0n) is 13.1. The molecule has 1 spiro atoms. The molecule has 0 atom stereocenters. The van der Waals surface area contributed by atoms with Crippen LogP contribution in [0.4, 0.5) is 5.69 Å². The molecule has 2 aliphatic rings. The predicted octanol–water partition coefficient (Wildman–Crippen LogP) is 4.61. The third-order valence-electron chi connectivity index (χ3n) is 5.49. The van der Waals surface area contributed by atoms with Crippen molar-refractivity contribution in [2.45, 2.75) is 51.5 Å². The molecule has 3 rings (SSSR count). The summed E-state index contributed by atoms with van der Waals surface area (Å²) >= 11 is 6.23. The van der Waals surface area contributed by atoms with E-state index < -0.39 is 0 Å². The maximum absolute atomic E-state index is 6.23. The van der Waals surface area contributed by atoms with E-state index in [1.54, 1.807) is 0 Å². The first-order chi connectivity index (χ1) is 10.2. The van der Waals surface area contributed by atoms with Crippen molar-refractivity contribution in [1.29, 1.82) is 0 Å². The van der Waals surface area contributed by atoms with Crippen LogP contribution in [-0.4, -0.2) is 20.1 Å². The Kier molecular flexibility index (Phi) is 4.75. The Balaban J connectivity index is 1.72. The standard InChI is InChI=1S/C18H27ClN2/c1-20-14-15-5-6-16(19)13-17(15)21-11-9-18(10-12-21)7-3-2-4-8-18/h5-6,13,20H,2-4,7-12,14H2,1H3. The zero-order chi connectivity index (χ0) is 14.7. The number of hydrogen-bond donors (Lipinski definition) is 1. The van der Waals surface area contributed by atoms with Gasteiger partial charge in [0.25, 0.3) is 0 Å². The lowest BCUT2D eigenvalue weighted by molar-refractivity contribution is 0.144. The number of nitrogens with zero attached hydrogens (tertiary/aromatic N) is 1. The van der Waals surface area contributed by atoms with E-state index >= 15 is 0 Å². The molecule has 2 fully saturated rings. The maximum Gasteiger partial charge on any atom is 0.0426 e. The van der Waals surface area contributed by atoms with Gasteiger partial charge in [0.15, 0.2) is 0 Å². The van der Waals surface area contributed by atoms with Gasteiger partial charge in [-0.05, 0) is 55.8 Å². The molecule has 1 aliphatic carbocycles. The largest absolute Gasteiger partial charge is 0.371 e. The lowest BCUT2D eigenvalue weighted by atomic mass is 9.68. The average Bonchev–Trinajstić information content (AvgIpc) is 2.51. The van der Waals surface area contributed by atoms with Gasteiger partial charge >= 0.3 is 0 Å². The van der Waals surface area contributed by atoms with Gasteiger partial charge in [-0.2, -0.15) is 0 Å². The van der Waals surface area contributed by atoms with E-state index in [0.717, 1.165) is 11.6 Å². The van der Waals surface area contributed by atoms with Gasteiger partial charge in [-0.3, -0.25) is 0 Å². The van der Waals surface area contributed by atoms with Crippen molar-refractivity contribution >= 4 is 17.3 Å². The van der Waals surface area contributed by atoms with E-state index in [9.17, 15) is 0 Å². The minimum Gasteiger partial charge on any atom is -0.371 e. The molecule has 0 aromatic heterocycles. The molecule has 1 heterocycles. The number of anilines is 1. The van der Waals surface area contributed by atoms with Gasteiger partial charge in [-0.25, -0.2) is 0 Å². The molecule has 2 nitrogen and oxygen atoms in total. The fraction of sp³-hybridized carbons (Fsp3) is 0.667. The van der Waals surface area contributed by atoms with E-state index in [2.05, 4.69) is 22.3 Å². The Labute approximate surface area is 133 Å². The molecule has 1 saturated carbocycles. The van der Waals surface area contributed by atoms with Crippen molar-refractivity contribution in [3.8, 4) is 0 Å². The Morgan fingerprint density at radius 1 is 1.10 bits per heavy atom. The molecule has 1 saturated heterocycles. The smallest absolute Gasteiger partial charge is 0.0426 e. The minimum atomic E-state index is 0.663. The van der Waals surface area contributed by atoms with Crippen molar-refractivity contribution in [3.63, 3.8) is 0 Å². The lowest BCUT2D eigenvalue weighted by Crippen LogP contribution is -2.41. The normalized spacial score (nSPS) is 21.7. The number of piperidine rings is 1. The van der Waals surface area contributed by atoms with Crippen molar-refractivity contribution in [3.05, 3.63) is 28.8 Å². The van der Waals surface area contributed by atoms with Gasteiger partial charge in [0.1, 0.15) is 0 Å². The van der Waals surface area contributed by atoms with Gasteiger partial charge in [0.05, 0.1) is 0 Å². The molecule has 1 N–H and O–H groups in total. The Morgan fingerprint density at radius 2 is 1.81 bits per heavy atom. The molecule has 1 aromatic carbocycles. The summed E-state index contributed by atoms with van der Waals surface area (Å²) in [5.74, 6) is 0. The summed E-state index contributed by atoms with van der Waals surface area (Å²) in [6.45, 7) is 3.29. The highest BCUT2D eigenvalue weighted by Crippen LogP contribution is 2.45. The van der Waals surface area contributed by atoms with Gasteiger partial charge in [-0.1, -0.05) is 36.9 Å². The van der Waals surface area contributed by atoms with E-state index in [0.29, 0.717) is 5.41 Å². The summed E-state index contributed by atoms with van der Waals surface area (Å²) in [5, 5.41) is 4.12. The van der Waals surface area contributed by atoms with Crippen LogP contribution < -0.4 is 10.2 Å². The molecule has 1 aromatic rings. The van der Waals surface area contributed by atoms with Crippen molar-refractivity contribution in [2.75, 3.05) is 25.0 Å². The molecule has 1 aliphatic heterocycles. The summed E-state index contributed by atoms with van der Waals surface area (Å²) in [6.07, 6.45) is 9.98. The van der Waals surface area contributed by atoms with Gasteiger partial charge in [0, 0.05) is 30.3 Å². The minimum absolute atomic E-state index is 0.663. The molecular weight excluding hydrogens is 280 g/mol. The molecule has 21 heavy (non-hydrogen) atoms. The number of halogens is 1. The van der Waals surface area contributed by atoms with Crippen LogP contribution in [0.3, 0.4) is 0 Å². The van der Waals surface area contributed by atoms with Gasteiger partial charge in [0.2, 0.25) is 0 Å². The average molecular weight is 307 g/mol. The van der Waals surface area contributed by atoms with Crippen molar-refractivity contribution in [2.24, 2.45) is 5.41 Å². The summed E-state index contributed by atoms with van der Waals surface area (Å²) in [7, 11) is 2.01. The number of nitrogens with one attached hydrogen (secondary N) is 1. The van der Waals surface area contributed by atoms with Gasteiger partial charge < -0.3 is 10.2 Å². The first-order valence-electron chi connectivity index (χ1n) is 8.40. The second kappa shape index (κ2) is 6.58. The molecule has 3 heteroatoms. The molecular formula is C18H27ClN2. The Hall–Kier alpha value is -0.730. The summed E-state index contributed by atoms with van der Waals surface area (Å²) in [5.41, 5.74) is 3.36. The molecule has 116 valence electrons. The first kappa shape index (κ1) is 15.2. The highest BCUT2D eigenvalue weighted by atomic mass is 35.5. The van der Waals surface area contributed by atoms with Crippen LogP contribution in [0.25, 0.3) is 0 Å². The first-order valence-corrected chi connectivity index (χ1v) is 8.78. The van der Waals surface area contributed by atoms with E-state index in [4.69, 9.17) is 11.6 Å². The van der Waals surface area contributed by atoms with Crippen LogP contribution in [-0.2, 0) is 6.54 Å². The van der Waals surface area contributed by atoms with Gasteiger partial charge in [-0.15, -0.1) is 0 Å². The second-order valence-corrected chi connectivity index (χ2v) is 7.29. The number of rotatable bonds is 3. The van der Waals surface area contributed by atoms with E-state index in [1.807, 2.05) is 13.1 Å². The highest BCUT2D eigenvalue weighted by Gasteiger charge is 2.35. The van der Waals surface area contributed by atoms with Crippen LogP contribution >= 0.6 is 11.6 Å². The van der Waals surface area contributed by atoms with Crippen LogP contribution in [0.2, 0.25) is 5.02 Å². The third kappa shape index (κ3) is 3.37. The SMILES string of the molecule is CNCc1ccc(Cl)cc1N1CCC2(CCCCC2)CC1. The van der Waals surface area contributed by atoms with E-state index in [-0.39, 0.29) is 0 Å².